The van der Waals surface area contributed by atoms with E-state index in [1.165, 1.54) is 11.1 Å². The molecule has 4 nitrogen and oxygen atoms in total. The minimum absolute atomic E-state index is 0.830. The Labute approximate surface area is 119 Å². The highest BCUT2D eigenvalue weighted by molar-refractivity contribution is 5.43. The number of fused-ring (bicyclic) bond motifs is 1. The van der Waals surface area contributed by atoms with Crippen LogP contribution in [0.3, 0.4) is 0 Å². The van der Waals surface area contributed by atoms with E-state index < -0.39 is 0 Å². The second-order valence-corrected chi connectivity index (χ2v) is 5.26. The van der Waals surface area contributed by atoms with Gasteiger partial charge in [0.25, 0.3) is 0 Å². The molecule has 1 aromatic carbocycles. The summed E-state index contributed by atoms with van der Waals surface area (Å²) in [5.74, 6) is 1.74. The third-order valence-corrected chi connectivity index (χ3v) is 3.68. The largest absolute Gasteiger partial charge is 0.497 e. The number of anilines is 1. The first-order chi connectivity index (χ1) is 9.65. The Hall–Kier alpha value is -2.10. The molecule has 0 N–H and O–H groups in total. The summed E-state index contributed by atoms with van der Waals surface area (Å²) in [6.07, 6.45) is 1.02. The van der Waals surface area contributed by atoms with Gasteiger partial charge in [-0.3, -0.25) is 0 Å². The Morgan fingerprint density at radius 3 is 2.50 bits per heavy atom. The maximum atomic E-state index is 5.31. The zero-order valence-corrected chi connectivity index (χ0v) is 12.2. The average molecular weight is 269 g/mol. The average Bonchev–Trinajstić information content (AvgIpc) is 2.45. The molecule has 4 heteroatoms. The van der Waals surface area contributed by atoms with Crippen molar-refractivity contribution in [3.8, 4) is 5.75 Å². The minimum Gasteiger partial charge on any atom is -0.497 e. The number of methoxy groups -OCH3 is 1. The number of nitrogens with zero attached hydrogens (tertiary/aromatic N) is 3. The molecule has 0 unspecified atom stereocenters. The van der Waals surface area contributed by atoms with Gasteiger partial charge in [0.1, 0.15) is 5.75 Å². The van der Waals surface area contributed by atoms with Gasteiger partial charge in [-0.2, -0.15) is 0 Å². The van der Waals surface area contributed by atoms with Crippen molar-refractivity contribution in [3.05, 3.63) is 46.8 Å². The molecule has 20 heavy (non-hydrogen) atoms. The van der Waals surface area contributed by atoms with Crippen molar-refractivity contribution in [2.24, 2.45) is 0 Å². The molecule has 0 radical (unpaired) electrons. The van der Waals surface area contributed by atoms with E-state index in [-0.39, 0.29) is 0 Å². The summed E-state index contributed by atoms with van der Waals surface area (Å²) >= 11 is 0. The number of hydrogen-bond acceptors (Lipinski definition) is 4. The van der Waals surface area contributed by atoms with Crippen LogP contribution in [-0.4, -0.2) is 23.6 Å². The fourth-order valence-corrected chi connectivity index (χ4v) is 2.68. The minimum atomic E-state index is 0.830. The molecule has 0 saturated carbocycles. The van der Waals surface area contributed by atoms with E-state index in [1.54, 1.807) is 7.11 Å². The van der Waals surface area contributed by atoms with Crippen LogP contribution in [-0.2, 0) is 13.0 Å². The molecule has 0 spiro atoms. The highest BCUT2D eigenvalue weighted by Crippen LogP contribution is 2.25. The zero-order valence-electron chi connectivity index (χ0n) is 12.2. The number of hydrogen-bond donors (Lipinski definition) is 0. The molecule has 1 aliphatic heterocycles. The molecule has 0 atom stereocenters. The first-order valence-corrected chi connectivity index (χ1v) is 6.89. The second kappa shape index (κ2) is 5.12. The van der Waals surface area contributed by atoms with Crippen molar-refractivity contribution < 1.29 is 4.74 Å². The van der Waals surface area contributed by atoms with Gasteiger partial charge in [-0.15, -0.1) is 0 Å². The summed E-state index contributed by atoms with van der Waals surface area (Å²) in [5, 5.41) is 0. The predicted octanol–water partition coefficient (Wildman–Crippen LogP) is 2.66. The molecule has 0 fully saturated rings. The third kappa shape index (κ3) is 2.46. The summed E-state index contributed by atoms with van der Waals surface area (Å²) < 4.78 is 5.31. The molecule has 0 aliphatic carbocycles. The van der Waals surface area contributed by atoms with Crippen molar-refractivity contribution in [3.63, 3.8) is 0 Å². The van der Waals surface area contributed by atoms with Crippen LogP contribution in [0.5, 0.6) is 5.75 Å². The highest BCUT2D eigenvalue weighted by atomic mass is 16.5. The van der Waals surface area contributed by atoms with E-state index >= 15 is 0 Å². The Balaban J connectivity index is 1.90. The summed E-state index contributed by atoms with van der Waals surface area (Å²) in [7, 11) is 1.70. The quantitative estimate of drug-likeness (QED) is 0.840. The lowest BCUT2D eigenvalue weighted by Crippen LogP contribution is -2.32. The predicted molar refractivity (Wildman–Crippen MR) is 79.3 cm³/mol. The summed E-state index contributed by atoms with van der Waals surface area (Å²) in [5.41, 5.74) is 4.73. The summed E-state index contributed by atoms with van der Waals surface area (Å²) in [6.45, 7) is 5.83. The Kier molecular flexibility index (Phi) is 3.30. The van der Waals surface area contributed by atoms with Gasteiger partial charge in [0.2, 0.25) is 5.95 Å². The maximum absolute atomic E-state index is 5.31. The smallest absolute Gasteiger partial charge is 0.226 e. The topological polar surface area (TPSA) is 38.2 Å². The van der Waals surface area contributed by atoms with E-state index in [0.717, 1.165) is 42.6 Å². The van der Waals surface area contributed by atoms with E-state index in [4.69, 9.17) is 4.74 Å². The van der Waals surface area contributed by atoms with E-state index in [2.05, 4.69) is 27.0 Å². The molecular formula is C16H19N3O. The van der Waals surface area contributed by atoms with Gasteiger partial charge in [-0.25, -0.2) is 9.97 Å². The molecule has 1 aromatic heterocycles. The van der Waals surface area contributed by atoms with Crippen molar-refractivity contribution in [1.82, 2.24) is 9.97 Å². The molecule has 0 amide bonds. The Morgan fingerprint density at radius 2 is 1.80 bits per heavy atom. The molecule has 0 saturated heterocycles. The van der Waals surface area contributed by atoms with Crippen LogP contribution in [0.4, 0.5) is 5.95 Å². The number of ether oxygens (including phenoxy) is 1. The standard InChI is InChI=1S/C16H19N3O/c1-11-8-12(2)18-16(17-11)19-7-6-13-4-5-15(20-3)9-14(13)10-19/h4-5,8-9H,6-7,10H2,1-3H3. The van der Waals surface area contributed by atoms with Crippen LogP contribution in [0.15, 0.2) is 24.3 Å². The van der Waals surface area contributed by atoms with Crippen LogP contribution < -0.4 is 9.64 Å². The number of aryl methyl sites for hydroxylation is 2. The number of rotatable bonds is 2. The maximum Gasteiger partial charge on any atom is 0.226 e. The van der Waals surface area contributed by atoms with Gasteiger partial charge in [-0.1, -0.05) is 6.07 Å². The van der Waals surface area contributed by atoms with Crippen LogP contribution in [0, 0.1) is 13.8 Å². The van der Waals surface area contributed by atoms with E-state index in [0.29, 0.717) is 0 Å². The number of aromatic nitrogens is 2. The molecule has 1 aliphatic rings. The SMILES string of the molecule is COc1ccc2c(c1)CN(c1nc(C)cc(C)n1)CC2. The molecule has 104 valence electrons. The van der Waals surface area contributed by atoms with Crippen molar-refractivity contribution in [2.45, 2.75) is 26.8 Å². The monoisotopic (exact) mass is 269 g/mol. The van der Waals surface area contributed by atoms with Gasteiger partial charge < -0.3 is 9.64 Å². The highest BCUT2D eigenvalue weighted by Gasteiger charge is 2.19. The van der Waals surface area contributed by atoms with Crippen LogP contribution in [0.1, 0.15) is 22.5 Å². The lowest BCUT2D eigenvalue weighted by atomic mass is 10.00. The molecule has 2 aromatic rings. The molecule has 3 rings (SSSR count). The lowest BCUT2D eigenvalue weighted by molar-refractivity contribution is 0.413. The Morgan fingerprint density at radius 1 is 1.05 bits per heavy atom. The third-order valence-electron chi connectivity index (χ3n) is 3.68. The normalized spacial score (nSPS) is 14.1. The molecular weight excluding hydrogens is 250 g/mol. The van der Waals surface area contributed by atoms with Crippen molar-refractivity contribution >= 4 is 5.95 Å². The van der Waals surface area contributed by atoms with Gasteiger partial charge in [0.05, 0.1) is 7.11 Å². The van der Waals surface area contributed by atoms with Gasteiger partial charge in [0, 0.05) is 24.5 Å². The molecule has 0 bridgehead atoms. The van der Waals surface area contributed by atoms with Gasteiger partial charge in [-0.05, 0) is 49.6 Å². The van der Waals surface area contributed by atoms with Gasteiger partial charge >= 0.3 is 0 Å². The summed E-state index contributed by atoms with van der Waals surface area (Å²) in [6, 6.07) is 8.31. The van der Waals surface area contributed by atoms with E-state index in [9.17, 15) is 0 Å². The summed E-state index contributed by atoms with van der Waals surface area (Å²) in [4.78, 5) is 11.4. The first-order valence-electron chi connectivity index (χ1n) is 6.89. The first kappa shape index (κ1) is 12.9. The second-order valence-electron chi connectivity index (χ2n) is 5.26. The van der Waals surface area contributed by atoms with Crippen molar-refractivity contribution in [2.75, 3.05) is 18.6 Å². The fourth-order valence-electron chi connectivity index (χ4n) is 2.68. The fraction of sp³-hybridized carbons (Fsp3) is 0.375. The van der Waals surface area contributed by atoms with E-state index in [1.807, 2.05) is 26.0 Å². The van der Waals surface area contributed by atoms with Crippen molar-refractivity contribution in [1.29, 1.82) is 0 Å². The van der Waals surface area contributed by atoms with Crippen LogP contribution in [0.2, 0.25) is 0 Å². The Bertz CT molecular complexity index is 619. The van der Waals surface area contributed by atoms with Crippen LogP contribution >= 0.6 is 0 Å². The molecule has 2 heterocycles. The lowest BCUT2D eigenvalue weighted by Gasteiger charge is -2.29. The van der Waals surface area contributed by atoms with Gasteiger partial charge in [0.15, 0.2) is 0 Å². The number of benzene rings is 1. The van der Waals surface area contributed by atoms with Crippen LogP contribution in [0.25, 0.3) is 0 Å². The zero-order chi connectivity index (χ0) is 14.1.